The molecule has 0 radical (unpaired) electrons. The maximum absolute atomic E-state index is 12.3. The van der Waals surface area contributed by atoms with Crippen molar-refractivity contribution in [2.24, 2.45) is 0 Å². The van der Waals surface area contributed by atoms with Crippen LogP contribution < -0.4 is 14.9 Å². The summed E-state index contributed by atoms with van der Waals surface area (Å²) in [7, 11) is 0. The van der Waals surface area contributed by atoms with Crippen LogP contribution in [0.4, 0.5) is 5.69 Å². The second-order valence-corrected chi connectivity index (χ2v) is 6.83. The number of anilines is 1. The molecule has 0 saturated carbocycles. The number of aryl methyl sites for hydroxylation is 2. The number of benzene rings is 2. The van der Waals surface area contributed by atoms with Gasteiger partial charge in [-0.2, -0.15) is 0 Å². The molecule has 0 aliphatic rings. The monoisotopic (exact) mass is 368 g/mol. The van der Waals surface area contributed by atoms with Crippen molar-refractivity contribution < 1.29 is 9.53 Å². The predicted molar refractivity (Wildman–Crippen MR) is 104 cm³/mol. The first kappa shape index (κ1) is 17.9. The first-order chi connectivity index (χ1) is 12.5. The van der Waals surface area contributed by atoms with Crippen molar-refractivity contribution in [1.82, 2.24) is 4.57 Å². The summed E-state index contributed by atoms with van der Waals surface area (Å²) in [5.74, 6) is 1.13. The van der Waals surface area contributed by atoms with Gasteiger partial charge in [-0.05, 0) is 43.7 Å². The molecule has 0 aliphatic heterocycles. The first-order valence-electron chi connectivity index (χ1n) is 8.31. The van der Waals surface area contributed by atoms with Gasteiger partial charge in [0.15, 0.2) is 5.75 Å². The van der Waals surface area contributed by atoms with E-state index in [-0.39, 0.29) is 17.2 Å². The van der Waals surface area contributed by atoms with Gasteiger partial charge in [0, 0.05) is 24.0 Å². The summed E-state index contributed by atoms with van der Waals surface area (Å²) in [6, 6.07) is 15.0. The highest BCUT2D eigenvalue weighted by Crippen LogP contribution is 2.29. The van der Waals surface area contributed by atoms with Crippen LogP contribution in [-0.2, 0) is 11.3 Å². The number of para-hydroxylation sites is 2. The maximum Gasteiger partial charge on any atom is 0.307 e. The summed E-state index contributed by atoms with van der Waals surface area (Å²) in [6.07, 6.45) is 0.219. The lowest BCUT2D eigenvalue weighted by Crippen LogP contribution is -2.20. The fourth-order valence-corrected chi connectivity index (χ4v) is 3.33. The highest BCUT2D eigenvalue weighted by molar-refractivity contribution is 7.07. The Bertz CT molecular complexity index is 975. The SMILES string of the molecule is Cc1cccc(Oc2ccccc2NC(=O)CCn2c(C)csc2=O)c1. The van der Waals surface area contributed by atoms with E-state index < -0.39 is 0 Å². The molecule has 0 fully saturated rings. The van der Waals surface area contributed by atoms with Crippen molar-refractivity contribution in [1.29, 1.82) is 0 Å². The molecule has 6 heteroatoms. The average Bonchev–Trinajstić information content (AvgIpc) is 2.93. The van der Waals surface area contributed by atoms with Crippen LogP contribution in [0.1, 0.15) is 17.7 Å². The fourth-order valence-electron chi connectivity index (χ4n) is 2.57. The molecule has 1 aromatic heterocycles. The lowest BCUT2D eigenvalue weighted by molar-refractivity contribution is -0.116. The summed E-state index contributed by atoms with van der Waals surface area (Å²) >= 11 is 1.15. The van der Waals surface area contributed by atoms with E-state index in [1.54, 1.807) is 16.0 Å². The van der Waals surface area contributed by atoms with Crippen LogP contribution in [0.25, 0.3) is 0 Å². The molecule has 26 heavy (non-hydrogen) atoms. The Morgan fingerprint density at radius 1 is 1.15 bits per heavy atom. The molecule has 0 spiro atoms. The van der Waals surface area contributed by atoms with Crippen molar-refractivity contribution in [2.45, 2.75) is 26.8 Å². The quantitative estimate of drug-likeness (QED) is 0.704. The second kappa shape index (κ2) is 8.01. The Hall–Kier alpha value is -2.86. The summed E-state index contributed by atoms with van der Waals surface area (Å²) < 4.78 is 7.52. The predicted octanol–water partition coefficient (Wildman–Crippen LogP) is 4.35. The number of hydrogen-bond donors (Lipinski definition) is 1. The van der Waals surface area contributed by atoms with Crippen LogP contribution in [0, 0.1) is 13.8 Å². The molecule has 0 unspecified atom stereocenters. The lowest BCUT2D eigenvalue weighted by Gasteiger charge is -2.13. The van der Waals surface area contributed by atoms with Gasteiger partial charge in [-0.25, -0.2) is 0 Å². The maximum atomic E-state index is 12.3. The third-order valence-corrected chi connectivity index (χ3v) is 4.80. The molecule has 0 atom stereocenters. The number of nitrogens with one attached hydrogen (secondary N) is 1. The number of amides is 1. The molecule has 1 heterocycles. The van der Waals surface area contributed by atoms with Crippen LogP contribution in [-0.4, -0.2) is 10.5 Å². The molecule has 3 aromatic rings. The Balaban J connectivity index is 1.68. The summed E-state index contributed by atoms with van der Waals surface area (Å²) in [6.45, 7) is 4.22. The number of ether oxygens (including phenoxy) is 1. The van der Waals surface area contributed by atoms with Crippen molar-refractivity contribution in [2.75, 3.05) is 5.32 Å². The van der Waals surface area contributed by atoms with Gasteiger partial charge < -0.3 is 14.6 Å². The summed E-state index contributed by atoms with van der Waals surface area (Å²) in [5.41, 5.74) is 2.57. The number of rotatable bonds is 6. The zero-order chi connectivity index (χ0) is 18.5. The summed E-state index contributed by atoms with van der Waals surface area (Å²) in [4.78, 5) is 24.0. The van der Waals surface area contributed by atoms with Crippen LogP contribution in [0.15, 0.2) is 58.7 Å². The molecule has 3 rings (SSSR count). The van der Waals surface area contributed by atoms with Crippen LogP contribution in [0.3, 0.4) is 0 Å². The van der Waals surface area contributed by atoms with Gasteiger partial charge in [-0.1, -0.05) is 35.6 Å². The molecule has 1 N–H and O–H groups in total. The van der Waals surface area contributed by atoms with E-state index in [1.165, 1.54) is 0 Å². The Kier molecular flexibility index (Phi) is 5.53. The largest absolute Gasteiger partial charge is 0.455 e. The molecule has 1 amide bonds. The van der Waals surface area contributed by atoms with Crippen molar-refractivity contribution in [3.05, 3.63) is 74.8 Å². The normalized spacial score (nSPS) is 10.5. The van der Waals surface area contributed by atoms with Crippen LogP contribution in [0.2, 0.25) is 0 Å². The highest BCUT2D eigenvalue weighted by atomic mass is 32.1. The van der Waals surface area contributed by atoms with E-state index in [4.69, 9.17) is 4.74 Å². The van der Waals surface area contributed by atoms with Gasteiger partial charge in [0.1, 0.15) is 5.75 Å². The number of hydrogen-bond acceptors (Lipinski definition) is 4. The number of aromatic nitrogens is 1. The van der Waals surface area contributed by atoms with Gasteiger partial charge >= 0.3 is 4.87 Å². The van der Waals surface area contributed by atoms with Gasteiger partial charge in [-0.15, -0.1) is 0 Å². The van der Waals surface area contributed by atoms with E-state index in [9.17, 15) is 9.59 Å². The van der Waals surface area contributed by atoms with Gasteiger partial charge in [0.2, 0.25) is 5.91 Å². The molecule has 2 aromatic carbocycles. The Morgan fingerprint density at radius 2 is 1.96 bits per heavy atom. The Labute approximate surface area is 155 Å². The number of thiazole rings is 1. The van der Waals surface area contributed by atoms with E-state index in [1.807, 2.05) is 56.3 Å². The van der Waals surface area contributed by atoms with E-state index >= 15 is 0 Å². The third kappa shape index (κ3) is 4.40. The van der Waals surface area contributed by atoms with E-state index in [2.05, 4.69) is 5.32 Å². The smallest absolute Gasteiger partial charge is 0.307 e. The molecular weight excluding hydrogens is 348 g/mol. The number of carbonyl (C=O) groups excluding carboxylic acids is 1. The van der Waals surface area contributed by atoms with Gasteiger partial charge in [0.05, 0.1) is 5.69 Å². The van der Waals surface area contributed by atoms with E-state index in [0.29, 0.717) is 23.7 Å². The minimum Gasteiger partial charge on any atom is -0.455 e. The van der Waals surface area contributed by atoms with Gasteiger partial charge in [-0.3, -0.25) is 9.59 Å². The van der Waals surface area contributed by atoms with Crippen LogP contribution in [0.5, 0.6) is 11.5 Å². The van der Waals surface area contributed by atoms with E-state index in [0.717, 1.165) is 22.6 Å². The molecule has 0 bridgehead atoms. The zero-order valence-electron chi connectivity index (χ0n) is 14.7. The topological polar surface area (TPSA) is 60.3 Å². The fraction of sp³-hybridized carbons (Fsp3) is 0.200. The molecule has 0 saturated heterocycles. The van der Waals surface area contributed by atoms with Crippen LogP contribution >= 0.6 is 11.3 Å². The lowest BCUT2D eigenvalue weighted by atomic mass is 10.2. The molecule has 0 aliphatic carbocycles. The minimum atomic E-state index is -0.164. The van der Waals surface area contributed by atoms with Gasteiger partial charge in [0.25, 0.3) is 0 Å². The second-order valence-electron chi connectivity index (χ2n) is 6.01. The number of nitrogens with zero attached hydrogens (tertiary/aromatic N) is 1. The van der Waals surface area contributed by atoms with Crippen molar-refractivity contribution in [3.8, 4) is 11.5 Å². The standard InChI is InChI=1S/C20H20N2O3S/c1-14-6-5-7-16(12-14)25-18-9-4-3-8-17(18)21-19(23)10-11-22-15(2)13-26-20(22)24/h3-9,12-13H,10-11H2,1-2H3,(H,21,23). The highest BCUT2D eigenvalue weighted by Gasteiger charge is 2.10. The Morgan fingerprint density at radius 3 is 2.69 bits per heavy atom. The van der Waals surface area contributed by atoms with Crippen molar-refractivity contribution in [3.63, 3.8) is 0 Å². The average molecular weight is 368 g/mol. The molecule has 5 nitrogen and oxygen atoms in total. The zero-order valence-corrected chi connectivity index (χ0v) is 15.5. The first-order valence-corrected chi connectivity index (χ1v) is 9.19. The molecular formula is C20H20N2O3S. The summed E-state index contributed by atoms with van der Waals surface area (Å²) in [5, 5.41) is 4.67. The molecule has 134 valence electrons. The number of carbonyl (C=O) groups is 1. The minimum absolute atomic E-state index is 0.0431. The third-order valence-electron chi connectivity index (χ3n) is 3.92. The van der Waals surface area contributed by atoms with Crippen molar-refractivity contribution >= 4 is 22.9 Å².